The molecule has 0 heterocycles. The van der Waals surface area contributed by atoms with Crippen molar-refractivity contribution < 1.29 is 0 Å². The highest BCUT2D eigenvalue weighted by Gasteiger charge is 2.33. The second kappa shape index (κ2) is 23.6. The lowest BCUT2D eigenvalue weighted by Gasteiger charge is -2.27. The third-order valence-corrected chi connectivity index (χ3v) is 18.8. The summed E-state index contributed by atoms with van der Waals surface area (Å²) in [5.74, 6) is 0. The summed E-state index contributed by atoms with van der Waals surface area (Å²) in [6.45, 7) is 27.6. The second-order valence-electron chi connectivity index (χ2n) is 24.4. The summed E-state index contributed by atoms with van der Waals surface area (Å²) >= 11 is 0. The van der Waals surface area contributed by atoms with Crippen LogP contribution in [0.25, 0.3) is 55.3 Å². The van der Waals surface area contributed by atoms with Crippen molar-refractivity contribution in [2.45, 2.75) is 83.1 Å². The average Bonchev–Trinajstić information content (AvgIpc) is 0.975. The summed E-state index contributed by atoms with van der Waals surface area (Å²) < 4.78 is 0. The van der Waals surface area contributed by atoms with E-state index in [1.807, 2.05) is 0 Å². The van der Waals surface area contributed by atoms with E-state index in [1.54, 1.807) is 0 Å². The zero-order chi connectivity index (χ0) is 59.2. The molecule has 0 fully saturated rings. The maximum Gasteiger partial charge on any atom is 0.242 e. The molecule has 0 aromatic heterocycles. The van der Waals surface area contributed by atoms with Crippen LogP contribution in [0.4, 0.5) is 0 Å². The van der Waals surface area contributed by atoms with Gasteiger partial charge in [-0.05, 0) is 138 Å². The maximum absolute atomic E-state index is 2.59. The van der Waals surface area contributed by atoms with Crippen molar-refractivity contribution in [3.63, 3.8) is 0 Å². The van der Waals surface area contributed by atoms with E-state index in [4.69, 9.17) is 0 Å². The van der Waals surface area contributed by atoms with Gasteiger partial charge in [0.25, 0.3) is 0 Å². The molecule has 85 heavy (non-hydrogen) atoms. The third kappa shape index (κ3) is 10.4. The Kier molecular flexibility index (Phi) is 15.7. The van der Waals surface area contributed by atoms with E-state index in [-0.39, 0.29) is 20.1 Å². The molecule has 0 aliphatic rings. The molecule has 0 saturated carbocycles. The summed E-state index contributed by atoms with van der Waals surface area (Å²) in [7, 11) is 0. The van der Waals surface area contributed by atoms with Crippen molar-refractivity contribution in [2.75, 3.05) is 0 Å². The molecule has 3 heteroatoms. The van der Waals surface area contributed by atoms with Gasteiger partial charge in [-0.1, -0.05) is 353 Å². The first-order chi connectivity index (χ1) is 41.2. The van der Waals surface area contributed by atoms with Crippen LogP contribution in [0.15, 0.2) is 237 Å². The molecule has 0 aliphatic heterocycles. The largest absolute Gasteiger partial charge is 0.242 e. The Hall–Kier alpha value is -8.91. The lowest BCUT2D eigenvalue weighted by Crippen LogP contribution is -2.55. The summed E-state index contributed by atoms with van der Waals surface area (Å²) in [6.07, 6.45) is 0. The number of hydrogen-bond acceptors (Lipinski definition) is 0. The van der Waals surface area contributed by atoms with Crippen molar-refractivity contribution >= 4 is 80.1 Å². The molecule has 0 bridgehead atoms. The SMILES string of the molecule is Cc1cccc(C)c1B(c1ccc(-c2c(-c3ccccc3)c(-c3ccccc3)c(-c3ccc(B(c4c(C)cccc4C)c4c(C)cccc4C)cc3)c3cc(B(c4c(C)cccc4C)c4c(C)cccc4C)ccc23)cc1)c1c(C)cccc1C. The first-order valence-electron chi connectivity index (χ1n) is 30.5. The molecule has 0 amide bonds. The predicted molar refractivity (Wildman–Crippen MR) is 375 cm³/mol. The highest BCUT2D eigenvalue weighted by molar-refractivity contribution is 6.98. The van der Waals surface area contributed by atoms with Gasteiger partial charge in [-0.3, -0.25) is 0 Å². The van der Waals surface area contributed by atoms with Crippen LogP contribution in [0, 0.1) is 83.1 Å². The first-order valence-corrected chi connectivity index (χ1v) is 30.5. The van der Waals surface area contributed by atoms with Crippen molar-refractivity contribution in [3.8, 4) is 44.5 Å². The van der Waals surface area contributed by atoms with Crippen molar-refractivity contribution in [1.82, 2.24) is 0 Å². The molecule has 412 valence electrons. The fourth-order valence-corrected chi connectivity index (χ4v) is 14.9. The molecule has 12 aromatic carbocycles. The molecule has 0 saturated heterocycles. The van der Waals surface area contributed by atoms with Gasteiger partial charge in [0.1, 0.15) is 0 Å². The molecule has 0 radical (unpaired) electrons. The van der Waals surface area contributed by atoms with E-state index in [9.17, 15) is 0 Å². The van der Waals surface area contributed by atoms with E-state index in [0.717, 1.165) is 0 Å². The Morgan fingerprint density at radius 3 is 0.671 bits per heavy atom. The van der Waals surface area contributed by atoms with E-state index in [1.165, 1.54) is 171 Å². The predicted octanol–water partition coefficient (Wildman–Crippen LogP) is 14.8. The van der Waals surface area contributed by atoms with Crippen LogP contribution in [-0.2, 0) is 0 Å². The van der Waals surface area contributed by atoms with Crippen LogP contribution in [0.3, 0.4) is 0 Å². The summed E-state index contributed by atoms with van der Waals surface area (Å²) in [5.41, 5.74) is 37.5. The fraction of sp³-hybridized carbons (Fsp3) is 0.146. The number of fused-ring (bicyclic) bond motifs is 1. The quantitative estimate of drug-likeness (QED) is 0.101. The third-order valence-electron chi connectivity index (χ3n) is 18.8. The van der Waals surface area contributed by atoms with Gasteiger partial charge in [-0.15, -0.1) is 0 Å². The van der Waals surface area contributed by atoms with Gasteiger partial charge < -0.3 is 0 Å². The van der Waals surface area contributed by atoms with Gasteiger partial charge in [0, 0.05) is 0 Å². The lowest BCUT2D eigenvalue weighted by atomic mass is 9.34. The van der Waals surface area contributed by atoms with E-state index in [2.05, 4.69) is 320 Å². The standard InChI is InChI=1S/C82H75B3/c1-52-25-19-26-53(2)77(52)83(78-54(3)27-20-28-55(78)4)68-45-41-66(42-46-68)73-71-50-49-70(85(81-60(9)33-23-34-61(81)10)82-62(11)35-24-36-63(82)12)51-72(71)74(76(65-39-17-14-18-40-65)75(73)64-37-15-13-16-38-64)67-43-47-69(48-44-67)84(79-56(5)29-21-30-57(79)6)80-58(7)31-22-32-59(80)8/h13-51H,1-12H3. The van der Waals surface area contributed by atoms with Gasteiger partial charge >= 0.3 is 0 Å². The number of rotatable bonds is 13. The molecule has 12 rings (SSSR count). The van der Waals surface area contributed by atoms with Crippen LogP contribution in [0.1, 0.15) is 66.8 Å². The van der Waals surface area contributed by atoms with Crippen LogP contribution < -0.4 is 49.2 Å². The summed E-state index contributed by atoms with van der Waals surface area (Å²) in [5, 5.41) is 2.45. The Morgan fingerprint density at radius 2 is 0.400 bits per heavy atom. The lowest BCUT2D eigenvalue weighted by molar-refractivity contribution is 1.40. The topological polar surface area (TPSA) is 0 Å². The monoisotopic (exact) mass is 1090 g/mol. The zero-order valence-corrected chi connectivity index (χ0v) is 51.7. The second-order valence-corrected chi connectivity index (χ2v) is 24.4. The van der Waals surface area contributed by atoms with Crippen molar-refractivity contribution in [3.05, 3.63) is 303 Å². The maximum atomic E-state index is 2.59. The van der Waals surface area contributed by atoms with E-state index < -0.39 is 0 Å². The minimum absolute atomic E-state index is 0.0130. The van der Waals surface area contributed by atoms with Gasteiger partial charge in [0.05, 0.1) is 0 Å². The minimum Gasteiger partial charge on any atom is -0.0686 e. The van der Waals surface area contributed by atoms with Crippen LogP contribution in [0.5, 0.6) is 0 Å². The highest BCUT2D eigenvalue weighted by Crippen LogP contribution is 2.50. The van der Waals surface area contributed by atoms with Gasteiger partial charge in [0.2, 0.25) is 20.1 Å². The molecule has 0 aliphatic carbocycles. The molecule has 0 nitrogen and oxygen atoms in total. The van der Waals surface area contributed by atoms with Crippen LogP contribution in [-0.4, -0.2) is 20.1 Å². The Labute approximate surface area is 508 Å². The van der Waals surface area contributed by atoms with Gasteiger partial charge in [-0.25, -0.2) is 0 Å². The van der Waals surface area contributed by atoms with Crippen molar-refractivity contribution in [2.24, 2.45) is 0 Å². The van der Waals surface area contributed by atoms with E-state index in [0.29, 0.717) is 0 Å². The average molecular weight is 1090 g/mol. The van der Waals surface area contributed by atoms with Gasteiger partial charge in [0.15, 0.2) is 0 Å². The number of aryl methyl sites for hydroxylation is 12. The molecule has 0 unspecified atom stereocenters. The molecule has 0 atom stereocenters. The van der Waals surface area contributed by atoms with Crippen LogP contribution in [0.2, 0.25) is 0 Å². The molecule has 0 spiro atoms. The highest BCUT2D eigenvalue weighted by atomic mass is 14.3. The summed E-state index contributed by atoms with van der Waals surface area (Å²) in [4.78, 5) is 0. The Morgan fingerprint density at radius 1 is 0.176 bits per heavy atom. The molecular formula is C82H75B3. The fourth-order valence-electron chi connectivity index (χ4n) is 14.9. The number of benzene rings is 12. The van der Waals surface area contributed by atoms with E-state index >= 15 is 0 Å². The first kappa shape index (κ1) is 56.6. The molecular weight excluding hydrogens is 1020 g/mol. The number of hydrogen-bond donors (Lipinski definition) is 0. The van der Waals surface area contributed by atoms with Crippen molar-refractivity contribution in [1.29, 1.82) is 0 Å². The smallest absolute Gasteiger partial charge is 0.0686 e. The Bertz CT molecular complexity index is 4200. The normalized spacial score (nSPS) is 11.3. The van der Waals surface area contributed by atoms with Gasteiger partial charge in [-0.2, -0.15) is 0 Å². The summed E-state index contributed by atoms with van der Waals surface area (Å²) in [6, 6.07) is 90.2. The molecule has 0 N–H and O–H groups in total. The molecule has 12 aromatic rings. The zero-order valence-electron chi connectivity index (χ0n) is 51.7. The Balaban J connectivity index is 1.20. The minimum atomic E-state index is -0.0130. The van der Waals surface area contributed by atoms with Crippen LogP contribution >= 0.6 is 0 Å².